The number of aryl methyl sites for hydroxylation is 2. The molecule has 2 heterocycles. The zero-order chi connectivity index (χ0) is 14.3. The number of hydrogen-bond acceptors (Lipinski definition) is 2. The minimum Gasteiger partial charge on any atom is -0.496 e. The first-order valence-corrected chi connectivity index (χ1v) is 6.41. The molecule has 2 aromatic rings. The molecule has 1 aliphatic heterocycles. The van der Waals surface area contributed by atoms with Gasteiger partial charge in [0.25, 0.3) is 0 Å². The van der Waals surface area contributed by atoms with Crippen LogP contribution in [-0.4, -0.2) is 22.8 Å². The highest BCUT2D eigenvalue weighted by atomic mass is 16.5. The number of carboxylic acids is 1. The largest absolute Gasteiger partial charge is 0.496 e. The Bertz CT molecular complexity index is 713. The van der Waals surface area contributed by atoms with E-state index in [1.54, 1.807) is 25.4 Å². The maximum atomic E-state index is 11.1. The molecule has 0 saturated heterocycles. The average Bonchev–Trinajstić information content (AvgIpc) is 2.90. The molecule has 0 spiro atoms. The predicted molar refractivity (Wildman–Crippen MR) is 77.2 cm³/mol. The molecule has 1 N–H and O–H groups in total. The van der Waals surface area contributed by atoms with Crippen molar-refractivity contribution in [3.63, 3.8) is 0 Å². The van der Waals surface area contributed by atoms with Gasteiger partial charge in [0, 0.05) is 29.6 Å². The molecular weight excluding hydrogens is 254 g/mol. The number of rotatable bonds is 3. The monoisotopic (exact) mass is 269 g/mol. The molecule has 1 aromatic carbocycles. The molecule has 0 bridgehead atoms. The zero-order valence-corrected chi connectivity index (χ0v) is 11.2. The van der Waals surface area contributed by atoms with Crippen LogP contribution in [-0.2, 0) is 13.0 Å². The third kappa shape index (κ3) is 1.81. The maximum Gasteiger partial charge on any atom is 0.337 e. The lowest BCUT2D eigenvalue weighted by molar-refractivity contribution is 0.0697. The van der Waals surface area contributed by atoms with Crippen LogP contribution in [0.1, 0.15) is 21.5 Å². The first-order chi connectivity index (χ1) is 9.63. The quantitative estimate of drug-likeness (QED) is 0.931. The highest BCUT2D eigenvalue weighted by Gasteiger charge is 2.20. The smallest absolute Gasteiger partial charge is 0.337 e. The summed E-state index contributed by atoms with van der Waals surface area (Å²) in [7, 11) is 1.64. The molecule has 0 atom stereocenters. The van der Waals surface area contributed by atoms with Gasteiger partial charge < -0.3 is 14.4 Å². The number of carboxylic acid groups (broad SMARTS) is 1. The maximum absolute atomic E-state index is 11.1. The molecule has 0 amide bonds. The second kappa shape index (κ2) is 4.56. The number of carbonyl (C=O) groups is 1. The van der Waals surface area contributed by atoms with E-state index in [1.807, 2.05) is 16.7 Å². The zero-order valence-electron chi connectivity index (χ0n) is 11.2. The van der Waals surface area contributed by atoms with Crippen molar-refractivity contribution >= 4 is 12.0 Å². The van der Waals surface area contributed by atoms with Gasteiger partial charge in [-0.3, -0.25) is 0 Å². The van der Waals surface area contributed by atoms with Gasteiger partial charge in [0.2, 0.25) is 0 Å². The molecule has 4 nitrogen and oxygen atoms in total. The standard InChI is InChI=1S/C16H15NO3/c1-3-10-6-13-11(8-15(10)20-2)4-5-17-9-12(16(18)19)7-14(13)17/h3,6-9H,1,4-5H2,2H3,(H,18,19). The van der Waals surface area contributed by atoms with Crippen LogP contribution < -0.4 is 4.74 Å². The first-order valence-electron chi connectivity index (χ1n) is 6.41. The van der Waals surface area contributed by atoms with Crippen molar-refractivity contribution in [2.24, 2.45) is 0 Å². The highest BCUT2D eigenvalue weighted by molar-refractivity contribution is 5.90. The Kier molecular flexibility index (Phi) is 2.86. The van der Waals surface area contributed by atoms with E-state index in [9.17, 15) is 4.79 Å². The number of nitrogens with zero attached hydrogens (tertiary/aromatic N) is 1. The summed E-state index contributed by atoms with van der Waals surface area (Å²) < 4.78 is 7.35. The van der Waals surface area contributed by atoms with E-state index in [1.165, 1.54) is 5.56 Å². The topological polar surface area (TPSA) is 51.5 Å². The Labute approximate surface area is 116 Å². The Morgan fingerprint density at radius 2 is 2.25 bits per heavy atom. The summed E-state index contributed by atoms with van der Waals surface area (Å²) >= 11 is 0. The van der Waals surface area contributed by atoms with E-state index in [0.29, 0.717) is 5.56 Å². The van der Waals surface area contributed by atoms with E-state index in [4.69, 9.17) is 9.84 Å². The van der Waals surface area contributed by atoms with E-state index >= 15 is 0 Å². The van der Waals surface area contributed by atoms with Gasteiger partial charge in [-0.1, -0.05) is 12.7 Å². The lowest BCUT2D eigenvalue weighted by Gasteiger charge is -2.21. The molecule has 0 aliphatic carbocycles. The number of ether oxygens (including phenoxy) is 1. The molecule has 0 radical (unpaired) electrons. The summed E-state index contributed by atoms with van der Waals surface area (Å²) in [5.41, 5.74) is 4.41. The van der Waals surface area contributed by atoms with Crippen molar-refractivity contribution in [1.82, 2.24) is 4.57 Å². The van der Waals surface area contributed by atoms with Crippen LogP contribution in [0.2, 0.25) is 0 Å². The lowest BCUT2D eigenvalue weighted by atomic mass is 9.95. The van der Waals surface area contributed by atoms with Gasteiger partial charge in [0.1, 0.15) is 5.75 Å². The second-order valence-electron chi connectivity index (χ2n) is 4.82. The second-order valence-corrected chi connectivity index (χ2v) is 4.82. The highest BCUT2D eigenvalue weighted by Crippen LogP contribution is 2.36. The van der Waals surface area contributed by atoms with Crippen LogP contribution in [0.25, 0.3) is 17.3 Å². The molecule has 0 fully saturated rings. The van der Waals surface area contributed by atoms with Gasteiger partial charge >= 0.3 is 5.97 Å². The van der Waals surface area contributed by atoms with Crippen LogP contribution in [0.4, 0.5) is 0 Å². The van der Waals surface area contributed by atoms with E-state index < -0.39 is 5.97 Å². The summed E-state index contributed by atoms with van der Waals surface area (Å²) in [6, 6.07) is 5.75. The number of methoxy groups -OCH3 is 1. The molecule has 1 aliphatic rings. The van der Waals surface area contributed by atoms with E-state index in [2.05, 4.69) is 6.58 Å². The SMILES string of the molecule is C=Cc1cc2c(cc1OC)CCn1cc(C(=O)O)cc1-2. The number of benzene rings is 1. The molecule has 3 rings (SSSR count). The van der Waals surface area contributed by atoms with Gasteiger partial charge in [-0.2, -0.15) is 0 Å². The van der Waals surface area contributed by atoms with Gasteiger partial charge in [0.15, 0.2) is 0 Å². The van der Waals surface area contributed by atoms with Gasteiger partial charge in [-0.25, -0.2) is 4.79 Å². The Morgan fingerprint density at radius 1 is 1.45 bits per heavy atom. The van der Waals surface area contributed by atoms with Crippen molar-refractivity contribution in [3.05, 3.63) is 47.7 Å². The summed E-state index contributed by atoms with van der Waals surface area (Å²) in [4.78, 5) is 11.1. The number of hydrogen-bond donors (Lipinski definition) is 1. The van der Waals surface area contributed by atoms with Crippen molar-refractivity contribution in [2.45, 2.75) is 13.0 Å². The summed E-state index contributed by atoms with van der Waals surface area (Å²) in [6.45, 7) is 4.58. The fourth-order valence-corrected chi connectivity index (χ4v) is 2.70. The van der Waals surface area contributed by atoms with Crippen LogP contribution in [0.5, 0.6) is 5.75 Å². The van der Waals surface area contributed by atoms with Gasteiger partial charge in [-0.05, 0) is 30.2 Å². The third-order valence-corrected chi connectivity index (χ3v) is 3.72. The molecule has 0 saturated carbocycles. The number of aromatic carboxylic acids is 1. The summed E-state index contributed by atoms with van der Waals surface area (Å²) in [5.74, 6) is -0.0943. The van der Waals surface area contributed by atoms with Crippen molar-refractivity contribution in [1.29, 1.82) is 0 Å². The average molecular weight is 269 g/mol. The van der Waals surface area contributed by atoms with Crippen molar-refractivity contribution < 1.29 is 14.6 Å². The van der Waals surface area contributed by atoms with Gasteiger partial charge in [0.05, 0.1) is 12.7 Å². The van der Waals surface area contributed by atoms with Crippen LogP contribution in [0.15, 0.2) is 31.0 Å². The Morgan fingerprint density at radius 3 is 2.90 bits per heavy atom. The normalized spacial score (nSPS) is 12.4. The lowest BCUT2D eigenvalue weighted by Crippen LogP contribution is -2.10. The van der Waals surface area contributed by atoms with Crippen LogP contribution >= 0.6 is 0 Å². The number of aromatic nitrogens is 1. The molecule has 102 valence electrons. The third-order valence-electron chi connectivity index (χ3n) is 3.72. The molecule has 0 unspecified atom stereocenters. The Balaban J connectivity index is 2.20. The predicted octanol–water partition coefficient (Wildman–Crippen LogP) is 3.06. The molecular formula is C16H15NO3. The van der Waals surface area contributed by atoms with Crippen LogP contribution in [0.3, 0.4) is 0 Å². The van der Waals surface area contributed by atoms with Crippen molar-refractivity contribution in [2.75, 3.05) is 7.11 Å². The molecule has 1 aromatic heterocycles. The van der Waals surface area contributed by atoms with E-state index in [0.717, 1.165) is 35.5 Å². The number of fused-ring (bicyclic) bond motifs is 3. The minimum atomic E-state index is -0.897. The minimum absolute atomic E-state index is 0.323. The molecule has 4 heteroatoms. The fourth-order valence-electron chi connectivity index (χ4n) is 2.70. The van der Waals surface area contributed by atoms with E-state index in [-0.39, 0.29) is 0 Å². The Hall–Kier alpha value is -2.49. The summed E-state index contributed by atoms with van der Waals surface area (Å²) in [6.07, 6.45) is 4.31. The molecule has 20 heavy (non-hydrogen) atoms. The summed E-state index contributed by atoms with van der Waals surface area (Å²) in [5, 5.41) is 9.12. The van der Waals surface area contributed by atoms with Gasteiger partial charge in [-0.15, -0.1) is 0 Å². The van der Waals surface area contributed by atoms with Crippen LogP contribution in [0, 0.1) is 0 Å². The fraction of sp³-hybridized carbons (Fsp3) is 0.188. The first kappa shape index (κ1) is 12.5. The van der Waals surface area contributed by atoms with Crippen molar-refractivity contribution in [3.8, 4) is 17.0 Å².